The maximum Gasteiger partial charge on any atom is 0.330 e. The van der Waals surface area contributed by atoms with Crippen molar-refractivity contribution >= 4 is 15.9 Å². The second-order valence-electron chi connectivity index (χ2n) is 3.94. The van der Waals surface area contributed by atoms with E-state index in [9.17, 15) is 22.0 Å². The quantitative estimate of drug-likeness (QED) is 0.445. The third-order valence-corrected chi connectivity index (χ3v) is 3.07. The summed E-state index contributed by atoms with van der Waals surface area (Å²) in [5, 5.41) is 0. The molecule has 3 N–H and O–H groups in total. The van der Waals surface area contributed by atoms with Gasteiger partial charge in [0.2, 0.25) is 0 Å². The van der Waals surface area contributed by atoms with Crippen LogP contribution in [0.25, 0.3) is 0 Å². The van der Waals surface area contributed by atoms with Crippen molar-refractivity contribution in [2.45, 2.75) is 18.4 Å². The van der Waals surface area contributed by atoms with Gasteiger partial charge in [-0.2, -0.15) is 8.78 Å². The third-order valence-electron chi connectivity index (χ3n) is 2.46. The van der Waals surface area contributed by atoms with Crippen LogP contribution in [0, 0.1) is 5.82 Å². The summed E-state index contributed by atoms with van der Waals surface area (Å²) >= 11 is 2.96. The van der Waals surface area contributed by atoms with Gasteiger partial charge in [-0.05, 0) is 22.0 Å². The Hall–Kier alpha value is -0.770. The molecule has 0 aromatic heterocycles. The van der Waals surface area contributed by atoms with Crippen molar-refractivity contribution in [3.63, 3.8) is 0 Å². The van der Waals surface area contributed by atoms with Crippen molar-refractivity contribution in [2.75, 3.05) is 13.2 Å². The Morgan fingerprint density at radius 2 is 2.00 bits per heavy atom. The maximum atomic E-state index is 13.8. The number of benzene rings is 1. The number of nitrogens with two attached hydrogens (primary N) is 1. The number of rotatable bonds is 7. The molecule has 0 saturated carbocycles. The smallest absolute Gasteiger partial charge is 0.330 e. The van der Waals surface area contributed by atoms with Crippen LogP contribution in [0.5, 0.6) is 0 Å². The molecule has 1 aromatic rings. The summed E-state index contributed by atoms with van der Waals surface area (Å²) in [5.74, 6) is 0.292. The Balaban J connectivity index is 2.67. The first-order chi connectivity index (χ1) is 9.29. The molecule has 0 saturated heterocycles. The highest BCUT2D eigenvalue weighted by Crippen LogP contribution is 2.26. The third kappa shape index (κ3) is 4.37. The lowest BCUT2D eigenvalue weighted by atomic mass is 10.1. The van der Waals surface area contributed by atoms with E-state index in [-0.39, 0.29) is 10.0 Å². The first-order valence-corrected chi connectivity index (χ1v) is 6.22. The van der Waals surface area contributed by atoms with E-state index in [1.54, 1.807) is 0 Å². The number of alkyl halides is 4. The van der Waals surface area contributed by atoms with E-state index >= 15 is 0 Å². The van der Waals surface area contributed by atoms with Crippen LogP contribution in [0.1, 0.15) is 11.6 Å². The second kappa shape index (κ2) is 7.30. The summed E-state index contributed by atoms with van der Waals surface area (Å²) in [7, 11) is 0. The summed E-state index contributed by atoms with van der Waals surface area (Å²) in [4.78, 5) is 0. The molecule has 1 rings (SSSR count). The molecular weight excluding hydrogens is 351 g/mol. The van der Waals surface area contributed by atoms with Gasteiger partial charge in [0.05, 0.1) is 17.1 Å². The predicted octanol–water partition coefficient (Wildman–Crippen LogP) is 3.01. The van der Waals surface area contributed by atoms with E-state index in [2.05, 4.69) is 26.1 Å². The van der Waals surface area contributed by atoms with Gasteiger partial charge in [-0.15, -0.1) is 0 Å². The minimum absolute atomic E-state index is 0.0715. The highest BCUT2D eigenvalue weighted by Gasteiger charge is 2.41. The van der Waals surface area contributed by atoms with Gasteiger partial charge in [0.15, 0.2) is 0 Å². The van der Waals surface area contributed by atoms with Crippen molar-refractivity contribution in [3.05, 3.63) is 34.1 Å². The molecule has 0 aliphatic carbocycles. The van der Waals surface area contributed by atoms with Gasteiger partial charge < -0.3 is 4.74 Å². The van der Waals surface area contributed by atoms with Crippen LogP contribution < -0.4 is 11.3 Å². The van der Waals surface area contributed by atoms with Gasteiger partial charge in [-0.1, -0.05) is 12.1 Å². The minimum atomic E-state index is -4.25. The van der Waals surface area contributed by atoms with E-state index < -0.39 is 37.4 Å². The van der Waals surface area contributed by atoms with Gasteiger partial charge in [-0.3, -0.25) is 11.3 Å². The Kier molecular flexibility index (Phi) is 6.31. The molecule has 1 aromatic carbocycles. The summed E-state index contributed by atoms with van der Waals surface area (Å²) in [6.07, 6.45) is -3.82. The molecule has 0 amide bonds. The van der Waals surface area contributed by atoms with Crippen LogP contribution in [-0.2, 0) is 4.74 Å². The van der Waals surface area contributed by atoms with E-state index in [0.717, 1.165) is 0 Å². The van der Waals surface area contributed by atoms with Gasteiger partial charge in [0, 0.05) is 5.56 Å². The topological polar surface area (TPSA) is 47.3 Å². The van der Waals surface area contributed by atoms with Gasteiger partial charge >= 0.3 is 12.3 Å². The predicted molar refractivity (Wildman–Crippen MR) is 65.9 cm³/mol. The summed E-state index contributed by atoms with van der Waals surface area (Å²) in [6, 6.07) is 3.39. The van der Waals surface area contributed by atoms with Crippen LogP contribution in [-0.4, -0.2) is 25.6 Å². The van der Waals surface area contributed by atoms with Gasteiger partial charge in [-0.25, -0.2) is 13.2 Å². The lowest BCUT2D eigenvalue weighted by molar-refractivity contribution is -0.167. The number of hydrazine groups is 1. The maximum absolute atomic E-state index is 13.8. The van der Waals surface area contributed by atoms with Crippen molar-refractivity contribution in [1.82, 2.24) is 5.43 Å². The Labute approximate surface area is 120 Å². The molecule has 9 heteroatoms. The first-order valence-electron chi connectivity index (χ1n) is 5.43. The molecule has 3 nitrogen and oxygen atoms in total. The molecule has 0 heterocycles. The normalized spacial score (nSPS) is 13.8. The average Bonchev–Trinajstić information content (AvgIpc) is 2.38. The van der Waals surface area contributed by atoms with Crippen LogP contribution in [0.2, 0.25) is 0 Å². The van der Waals surface area contributed by atoms with Gasteiger partial charge in [0.1, 0.15) is 12.4 Å². The van der Waals surface area contributed by atoms with Gasteiger partial charge in [0.25, 0.3) is 0 Å². The molecule has 1 atom stereocenters. The summed E-state index contributed by atoms with van der Waals surface area (Å²) < 4.78 is 67.6. The second-order valence-corrected chi connectivity index (χ2v) is 4.79. The van der Waals surface area contributed by atoms with Crippen LogP contribution >= 0.6 is 15.9 Å². The van der Waals surface area contributed by atoms with Crippen molar-refractivity contribution in [1.29, 1.82) is 0 Å². The number of hydrogen-bond acceptors (Lipinski definition) is 3. The minimum Gasteiger partial charge on any atom is -0.373 e. The van der Waals surface area contributed by atoms with Crippen molar-refractivity contribution < 1.29 is 26.7 Å². The average molecular weight is 363 g/mol. The molecule has 0 fully saturated rings. The summed E-state index contributed by atoms with van der Waals surface area (Å²) in [5.41, 5.74) is 2.26. The first kappa shape index (κ1) is 17.3. The molecule has 0 aliphatic heterocycles. The molecule has 114 valence electrons. The van der Waals surface area contributed by atoms with E-state index in [4.69, 9.17) is 5.84 Å². The molecule has 0 radical (unpaired) electrons. The van der Waals surface area contributed by atoms with Crippen LogP contribution in [0.4, 0.5) is 22.0 Å². The molecule has 0 bridgehead atoms. The monoisotopic (exact) mass is 362 g/mol. The zero-order chi connectivity index (χ0) is 15.3. The fourth-order valence-electron chi connectivity index (χ4n) is 1.39. The van der Waals surface area contributed by atoms with Crippen molar-refractivity contribution in [3.8, 4) is 0 Å². The highest BCUT2D eigenvalue weighted by molar-refractivity contribution is 9.10. The standard InChI is InChI=1S/C11H12BrF5N2O/c12-7-3-1-2-6(9(7)13)8(19-18)4-20-5-11(16,17)10(14)15/h1-3,8,10,19H,4-5,18H2. The molecular formula is C11H12BrF5N2O. The molecule has 0 aliphatic rings. The van der Waals surface area contributed by atoms with E-state index in [0.29, 0.717) is 0 Å². The Morgan fingerprint density at radius 1 is 1.35 bits per heavy atom. The Bertz CT molecular complexity index is 447. The zero-order valence-corrected chi connectivity index (χ0v) is 11.6. The fraction of sp³-hybridized carbons (Fsp3) is 0.455. The SMILES string of the molecule is NNC(COCC(F)(F)C(F)F)c1cccc(Br)c1F. The Morgan fingerprint density at radius 3 is 2.55 bits per heavy atom. The highest BCUT2D eigenvalue weighted by atomic mass is 79.9. The largest absolute Gasteiger partial charge is 0.373 e. The number of ether oxygens (including phenoxy) is 1. The fourth-order valence-corrected chi connectivity index (χ4v) is 1.77. The van der Waals surface area contributed by atoms with Crippen LogP contribution in [0.15, 0.2) is 22.7 Å². The number of hydrogen-bond donors (Lipinski definition) is 2. The summed E-state index contributed by atoms with van der Waals surface area (Å²) in [6.45, 7) is -1.95. The lowest BCUT2D eigenvalue weighted by Crippen LogP contribution is -2.36. The van der Waals surface area contributed by atoms with Crippen LogP contribution in [0.3, 0.4) is 0 Å². The zero-order valence-electron chi connectivity index (χ0n) is 10.1. The lowest BCUT2D eigenvalue weighted by Gasteiger charge is -2.20. The van der Waals surface area contributed by atoms with Crippen molar-refractivity contribution in [2.24, 2.45) is 5.84 Å². The molecule has 20 heavy (non-hydrogen) atoms. The van der Waals surface area contributed by atoms with E-state index in [1.807, 2.05) is 0 Å². The molecule has 1 unspecified atom stereocenters. The molecule has 0 spiro atoms. The van der Waals surface area contributed by atoms with E-state index in [1.165, 1.54) is 18.2 Å². The number of halogens is 6. The number of nitrogens with one attached hydrogen (secondary N) is 1.